The summed E-state index contributed by atoms with van der Waals surface area (Å²) in [5, 5.41) is 7.29. The number of hydrogen-bond acceptors (Lipinski definition) is 4. The first-order valence-corrected chi connectivity index (χ1v) is 24.1. The first kappa shape index (κ1) is 39.2. The van der Waals surface area contributed by atoms with Gasteiger partial charge in [0.15, 0.2) is 17.5 Å². The number of rotatable bonds is 7. The van der Waals surface area contributed by atoms with Crippen molar-refractivity contribution in [1.82, 2.24) is 24.1 Å². The summed E-state index contributed by atoms with van der Waals surface area (Å²) in [5.74, 6) is 1.85. The predicted octanol–water partition coefficient (Wildman–Crippen LogP) is 16.8. The van der Waals surface area contributed by atoms with E-state index in [0.29, 0.717) is 17.5 Å². The molecule has 6 heteroatoms. The van der Waals surface area contributed by atoms with Gasteiger partial charge >= 0.3 is 0 Å². The molecule has 14 rings (SSSR count). The summed E-state index contributed by atoms with van der Waals surface area (Å²) < 4.78 is 7.30. The highest BCUT2D eigenvalue weighted by molar-refractivity contribution is 7.26. The van der Waals surface area contributed by atoms with E-state index in [4.69, 9.17) is 15.0 Å². The van der Waals surface area contributed by atoms with E-state index in [0.717, 1.165) is 61.3 Å². The number of aromatic nitrogens is 5. The van der Waals surface area contributed by atoms with Gasteiger partial charge in [-0.25, -0.2) is 15.0 Å². The molecule has 0 bridgehead atoms. The van der Waals surface area contributed by atoms with Crippen LogP contribution in [-0.4, -0.2) is 24.1 Å². The smallest absolute Gasteiger partial charge is 0.164 e. The molecule has 0 radical (unpaired) electrons. The summed E-state index contributed by atoms with van der Waals surface area (Å²) in [6.45, 7) is 0. The van der Waals surface area contributed by atoms with E-state index in [-0.39, 0.29) is 0 Å². The van der Waals surface area contributed by atoms with Crippen molar-refractivity contribution < 1.29 is 0 Å². The molecule has 0 aliphatic carbocycles. The minimum absolute atomic E-state index is 0.607. The van der Waals surface area contributed by atoms with Crippen molar-refractivity contribution in [3.63, 3.8) is 0 Å². The summed E-state index contributed by atoms with van der Waals surface area (Å²) in [6, 6.07) is 84.7. The number of nitrogens with zero attached hydrogens (tertiary/aromatic N) is 5. The minimum atomic E-state index is 0.607. The summed E-state index contributed by atoms with van der Waals surface area (Å²) in [4.78, 5) is 15.8. The van der Waals surface area contributed by atoms with E-state index in [1.54, 1.807) is 0 Å². The minimum Gasteiger partial charge on any atom is -0.309 e. The van der Waals surface area contributed by atoms with Crippen molar-refractivity contribution in [2.75, 3.05) is 0 Å². The topological polar surface area (TPSA) is 48.5 Å². The molecule has 69 heavy (non-hydrogen) atoms. The van der Waals surface area contributed by atoms with Gasteiger partial charge in [0.25, 0.3) is 0 Å². The van der Waals surface area contributed by atoms with Crippen LogP contribution in [0.15, 0.2) is 237 Å². The Morgan fingerprint density at radius 1 is 0.275 bits per heavy atom. The lowest BCUT2D eigenvalue weighted by Crippen LogP contribution is -2.02. The van der Waals surface area contributed by atoms with Crippen molar-refractivity contribution in [1.29, 1.82) is 0 Å². The average molecular weight is 898 g/mol. The number of hydrogen-bond donors (Lipinski definition) is 0. The van der Waals surface area contributed by atoms with Crippen LogP contribution >= 0.6 is 11.3 Å². The van der Waals surface area contributed by atoms with Gasteiger partial charge < -0.3 is 9.13 Å². The highest BCUT2D eigenvalue weighted by Crippen LogP contribution is 2.47. The van der Waals surface area contributed by atoms with Crippen molar-refractivity contribution in [2.45, 2.75) is 0 Å². The van der Waals surface area contributed by atoms with Gasteiger partial charge in [0, 0.05) is 75.3 Å². The van der Waals surface area contributed by atoms with Crippen LogP contribution in [-0.2, 0) is 0 Å². The van der Waals surface area contributed by atoms with Gasteiger partial charge in [0.2, 0.25) is 0 Å². The Bertz CT molecular complexity index is 4190. The van der Waals surface area contributed by atoms with Gasteiger partial charge in [-0.05, 0) is 83.4 Å². The molecule has 0 aliphatic heterocycles. The fourth-order valence-corrected chi connectivity index (χ4v) is 11.6. The number of fused-ring (bicyclic) bond motifs is 9. The van der Waals surface area contributed by atoms with Crippen LogP contribution in [0.25, 0.3) is 132 Å². The molecule has 4 aromatic heterocycles. The molecule has 5 nitrogen and oxygen atoms in total. The van der Waals surface area contributed by atoms with Crippen LogP contribution in [0.1, 0.15) is 0 Å². The van der Waals surface area contributed by atoms with E-state index >= 15 is 0 Å². The zero-order chi connectivity index (χ0) is 45.4. The highest BCUT2D eigenvalue weighted by Gasteiger charge is 2.23. The second-order valence-corrected chi connectivity index (χ2v) is 18.6. The van der Waals surface area contributed by atoms with Crippen LogP contribution in [0, 0.1) is 0 Å². The number of benzene rings is 10. The van der Waals surface area contributed by atoms with Crippen molar-refractivity contribution in [2.24, 2.45) is 0 Å². The molecule has 0 saturated carbocycles. The van der Waals surface area contributed by atoms with Gasteiger partial charge in [0.05, 0.1) is 22.1 Å². The fourth-order valence-electron chi connectivity index (χ4n) is 10.4. The Morgan fingerprint density at radius 3 is 1.38 bits per heavy atom. The van der Waals surface area contributed by atoms with Crippen molar-refractivity contribution in [3.8, 4) is 67.8 Å². The Hall–Kier alpha value is -8.97. The first-order chi connectivity index (χ1) is 34.2. The molecular weight excluding hydrogens is 859 g/mol. The zero-order valence-electron chi connectivity index (χ0n) is 37.2. The molecule has 0 spiro atoms. The number of para-hydroxylation sites is 3. The lowest BCUT2D eigenvalue weighted by Gasteiger charge is -2.17. The molecular formula is C63H39N5S. The van der Waals surface area contributed by atoms with Crippen LogP contribution in [0.2, 0.25) is 0 Å². The molecule has 0 unspecified atom stereocenters. The normalized spacial score (nSPS) is 11.8. The molecule has 322 valence electrons. The molecule has 0 amide bonds. The Labute approximate surface area is 401 Å². The maximum Gasteiger partial charge on any atom is 0.164 e. The lowest BCUT2D eigenvalue weighted by atomic mass is 9.95. The van der Waals surface area contributed by atoms with Crippen molar-refractivity contribution in [3.05, 3.63) is 237 Å². The Morgan fingerprint density at radius 2 is 0.754 bits per heavy atom. The third-order valence-corrected chi connectivity index (χ3v) is 14.8. The fraction of sp³-hybridized carbons (Fsp3) is 0. The highest BCUT2D eigenvalue weighted by atomic mass is 32.1. The van der Waals surface area contributed by atoms with Gasteiger partial charge in [0.1, 0.15) is 0 Å². The van der Waals surface area contributed by atoms with E-state index in [2.05, 4.69) is 209 Å². The maximum absolute atomic E-state index is 5.36. The summed E-state index contributed by atoms with van der Waals surface area (Å²) in [5.41, 5.74) is 14.0. The van der Waals surface area contributed by atoms with E-state index < -0.39 is 0 Å². The van der Waals surface area contributed by atoms with E-state index in [9.17, 15) is 0 Å². The quantitative estimate of drug-likeness (QED) is 0.160. The van der Waals surface area contributed by atoms with Crippen LogP contribution in [0.4, 0.5) is 0 Å². The van der Waals surface area contributed by atoms with Gasteiger partial charge in [-0.3, -0.25) is 0 Å². The molecule has 10 aromatic carbocycles. The van der Waals surface area contributed by atoms with E-state index in [1.807, 2.05) is 47.7 Å². The largest absolute Gasteiger partial charge is 0.309 e. The molecule has 0 N–H and O–H groups in total. The van der Waals surface area contributed by atoms with Gasteiger partial charge in [-0.1, -0.05) is 170 Å². The van der Waals surface area contributed by atoms with Crippen molar-refractivity contribution >= 4 is 75.1 Å². The third kappa shape index (κ3) is 6.41. The molecule has 0 saturated heterocycles. The molecule has 0 fully saturated rings. The number of thiophene rings is 1. The second kappa shape index (κ2) is 15.8. The summed E-state index contributed by atoms with van der Waals surface area (Å²) >= 11 is 1.84. The monoisotopic (exact) mass is 897 g/mol. The summed E-state index contributed by atoms with van der Waals surface area (Å²) in [6.07, 6.45) is 0. The second-order valence-electron chi connectivity index (χ2n) is 17.6. The third-order valence-electron chi connectivity index (χ3n) is 13.6. The Balaban J connectivity index is 1.10. The van der Waals surface area contributed by atoms with Gasteiger partial charge in [-0.2, -0.15) is 0 Å². The molecule has 4 heterocycles. The first-order valence-electron chi connectivity index (χ1n) is 23.3. The lowest BCUT2D eigenvalue weighted by molar-refractivity contribution is 1.07. The van der Waals surface area contributed by atoms with Crippen LogP contribution in [0.5, 0.6) is 0 Å². The van der Waals surface area contributed by atoms with Crippen LogP contribution in [0.3, 0.4) is 0 Å². The molecule has 14 aromatic rings. The predicted molar refractivity (Wildman–Crippen MR) is 289 cm³/mol. The summed E-state index contributed by atoms with van der Waals surface area (Å²) in [7, 11) is 0. The standard InChI is InChI=1S/C63H39N5S/c1-4-18-40(19-5-1)43-32-35-58-52(36-43)48-26-12-16-30-57(48)67(58)44-33-34-50(63-65-61(41-20-6-2-7-21-41)64-62(66-63)42-22-8-3-9-23-42)51(37-44)54-39-45(38-53-49-27-13-17-31-59(49)69-60(53)54)68-55-28-14-10-24-46(55)47-25-11-15-29-56(47)68/h1-39H. The van der Waals surface area contributed by atoms with E-state index in [1.165, 1.54) is 52.8 Å². The maximum atomic E-state index is 5.36. The Kier molecular flexibility index (Phi) is 9.00. The molecule has 0 atom stereocenters. The zero-order valence-corrected chi connectivity index (χ0v) is 38.0. The van der Waals surface area contributed by atoms with Gasteiger partial charge in [-0.15, -0.1) is 11.3 Å². The molecule has 0 aliphatic rings. The SMILES string of the molecule is c1ccc(-c2ccc3c(c2)c2ccccc2n3-c2ccc(-c3nc(-c4ccccc4)nc(-c4ccccc4)n3)c(-c3cc(-n4c5ccccc5c5ccccc54)cc4c3sc3ccccc34)c2)cc1. The average Bonchev–Trinajstić information content (AvgIpc) is 4.09. The van der Waals surface area contributed by atoms with Crippen LogP contribution < -0.4 is 0 Å².